The zero-order chi connectivity index (χ0) is 18.7. The Hall–Kier alpha value is -2.23. The molecule has 1 N–H and O–H groups in total. The van der Waals surface area contributed by atoms with Crippen LogP contribution in [0.5, 0.6) is 0 Å². The van der Waals surface area contributed by atoms with Gasteiger partial charge in [0.2, 0.25) is 0 Å². The number of esters is 1. The monoisotopic (exact) mass is 394 g/mol. The zero-order valence-electron chi connectivity index (χ0n) is 14.4. The van der Waals surface area contributed by atoms with Gasteiger partial charge >= 0.3 is 5.97 Å². The van der Waals surface area contributed by atoms with Crippen LogP contribution < -0.4 is 5.32 Å². The first-order valence-corrected chi connectivity index (χ1v) is 9.66. The molecule has 26 heavy (non-hydrogen) atoms. The second-order valence-corrected chi connectivity index (χ2v) is 7.56. The minimum absolute atomic E-state index is 0.169. The van der Waals surface area contributed by atoms with Crippen LogP contribution >= 0.6 is 22.7 Å². The lowest BCUT2D eigenvalue weighted by Gasteiger charge is -2.26. The second kappa shape index (κ2) is 7.98. The number of anilines is 1. The van der Waals surface area contributed by atoms with Crippen LogP contribution in [-0.4, -0.2) is 56.1 Å². The van der Waals surface area contributed by atoms with Gasteiger partial charge in [-0.25, -0.2) is 4.79 Å². The third-order valence-electron chi connectivity index (χ3n) is 4.00. The summed E-state index contributed by atoms with van der Waals surface area (Å²) in [6.45, 7) is 3.67. The summed E-state index contributed by atoms with van der Waals surface area (Å²) in [5, 5.41) is 4.86. The standard InChI is InChI=1S/C17H18N2O5S2/c1-10-12(17(22)23-2)15(18-14(20)11-4-3-9-25-11)26-13(10)16(21)19-5-7-24-8-6-19/h3-4,9H,5-8H2,1-2H3,(H,18,20). The fourth-order valence-corrected chi connectivity index (χ4v) is 4.41. The molecular formula is C17H18N2O5S2. The summed E-state index contributed by atoms with van der Waals surface area (Å²) < 4.78 is 10.1. The molecule has 1 saturated heterocycles. The van der Waals surface area contributed by atoms with Gasteiger partial charge in [-0.15, -0.1) is 22.7 Å². The van der Waals surface area contributed by atoms with Gasteiger partial charge in [0.1, 0.15) is 5.00 Å². The van der Waals surface area contributed by atoms with Gasteiger partial charge in [-0.2, -0.15) is 0 Å². The lowest BCUT2D eigenvalue weighted by atomic mass is 10.1. The molecule has 1 aliphatic rings. The van der Waals surface area contributed by atoms with Crippen LogP contribution in [0.3, 0.4) is 0 Å². The number of carbonyl (C=O) groups excluding carboxylic acids is 3. The number of hydrogen-bond acceptors (Lipinski definition) is 7. The molecule has 0 radical (unpaired) electrons. The van der Waals surface area contributed by atoms with Crippen molar-refractivity contribution in [2.75, 3.05) is 38.7 Å². The molecule has 3 heterocycles. The zero-order valence-corrected chi connectivity index (χ0v) is 16.0. The number of thiophene rings is 2. The van der Waals surface area contributed by atoms with Crippen LogP contribution in [0.2, 0.25) is 0 Å². The maximum Gasteiger partial charge on any atom is 0.341 e. The van der Waals surface area contributed by atoms with Gasteiger partial charge in [-0.1, -0.05) is 6.07 Å². The minimum atomic E-state index is -0.582. The number of hydrogen-bond donors (Lipinski definition) is 1. The van der Waals surface area contributed by atoms with Gasteiger partial charge < -0.3 is 19.7 Å². The van der Waals surface area contributed by atoms with Crippen molar-refractivity contribution >= 4 is 45.5 Å². The molecule has 7 nitrogen and oxygen atoms in total. The Labute approximate surface area is 158 Å². The van der Waals surface area contributed by atoms with E-state index in [2.05, 4.69) is 5.32 Å². The molecule has 1 aliphatic heterocycles. The molecule has 1 fully saturated rings. The number of nitrogens with one attached hydrogen (secondary N) is 1. The highest BCUT2D eigenvalue weighted by Crippen LogP contribution is 2.35. The van der Waals surface area contributed by atoms with E-state index in [1.54, 1.807) is 29.3 Å². The molecule has 0 unspecified atom stereocenters. The SMILES string of the molecule is COC(=O)c1c(NC(=O)c2cccs2)sc(C(=O)N2CCOCC2)c1C. The van der Waals surface area contributed by atoms with Crippen LogP contribution in [0.1, 0.15) is 35.3 Å². The highest BCUT2D eigenvalue weighted by atomic mass is 32.1. The first-order valence-electron chi connectivity index (χ1n) is 7.96. The largest absolute Gasteiger partial charge is 0.465 e. The van der Waals surface area contributed by atoms with Crippen molar-refractivity contribution in [1.82, 2.24) is 4.90 Å². The van der Waals surface area contributed by atoms with Gasteiger partial charge in [0.15, 0.2) is 0 Å². The third-order valence-corrected chi connectivity index (χ3v) is 6.06. The predicted octanol–water partition coefficient (Wildman–Crippen LogP) is 2.63. The quantitative estimate of drug-likeness (QED) is 0.806. The molecule has 2 aromatic heterocycles. The van der Waals surface area contributed by atoms with Gasteiger partial charge in [-0.05, 0) is 23.9 Å². The Bertz CT molecular complexity index is 823. The molecule has 2 amide bonds. The second-order valence-electron chi connectivity index (χ2n) is 5.59. The average molecular weight is 394 g/mol. The normalized spacial score (nSPS) is 14.2. The Morgan fingerprint density at radius 1 is 1.27 bits per heavy atom. The number of amides is 2. The predicted molar refractivity (Wildman–Crippen MR) is 99.4 cm³/mol. The molecule has 0 spiro atoms. The summed E-state index contributed by atoms with van der Waals surface area (Å²) in [5.41, 5.74) is 0.735. The smallest absolute Gasteiger partial charge is 0.341 e. The van der Waals surface area contributed by atoms with E-state index in [9.17, 15) is 14.4 Å². The van der Waals surface area contributed by atoms with E-state index >= 15 is 0 Å². The van der Waals surface area contributed by atoms with E-state index in [0.29, 0.717) is 46.6 Å². The maximum atomic E-state index is 12.8. The molecule has 0 bridgehead atoms. The summed E-state index contributed by atoms with van der Waals surface area (Å²) in [7, 11) is 1.27. The van der Waals surface area contributed by atoms with Crippen molar-refractivity contribution in [3.8, 4) is 0 Å². The van der Waals surface area contributed by atoms with Crippen LogP contribution in [0.25, 0.3) is 0 Å². The van der Waals surface area contributed by atoms with Crippen molar-refractivity contribution in [3.05, 3.63) is 38.4 Å². The van der Waals surface area contributed by atoms with Crippen molar-refractivity contribution in [2.24, 2.45) is 0 Å². The lowest BCUT2D eigenvalue weighted by molar-refractivity contribution is 0.0305. The van der Waals surface area contributed by atoms with E-state index in [4.69, 9.17) is 9.47 Å². The molecule has 0 saturated carbocycles. The molecule has 3 rings (SSSR count). The number of morpholine rings is 1. The third kappa shape index (κ3) is 3.64. The van der Waals surface area contributed by atoms with Gasteiger partial charge in [0.25, 0.3) is 11.8 Å². The minimum Gasteiger partial charge on any atom is -0.465 e. The van der Waals surface area contributed by atoms with Crippen LogP contribution in [0.4, 0.5) is 5.00 Å². The van der Waals surface area contributed by atoms with E-state index in [1.165, 1.54) is 18.4 Å². The molecule has 9 heteroatoms. The number of rotatable bonds is 4. The average Bonchev–Trinajstić information content (AvgIpc) is 3.30. The van der Waals surface area contributed by atoms with E-state index < -0.39 is 5.97 Å². The van der Waals surface area contributed by atoms with Crippen LogP contribution in [0, 0.1) is 6.92 Å². The Morgan fingerprint density at radius 2 is 2.00 bits per heavy atom. The Kier molecular flexibility index (Phi) is 5.70. The van der Waals surface area contributed by atoms with Crippen molar-refractivity contribution in [1.29, 1.82) is 0 Å². The Morgan fingerprint density at radius 3 is 2.62 bits per heavy atom. The number of ether oxygens (including phenoxy) is 2. The van der Waals surface area contributed by atoms with Crippen LogP contribution in [-0.2, 0) is 9.47 Å². The van der Waals surface area contributed by atoms with Crippen molar-refractivity contribution in [2.45, 2.75) is 6.92 Å². The molecule has 0 aromatic carbocycles. The molecule has 2 aromatic rings. The molecule has 138 valence electrons. The summed E-state index contributed by atoms with van der Waals surface area (Å²) in [5.74, 6) is -1.07. The fourth-order valence-electron chi connectivity index (χ4n) is 2.64. The number of methoxy groups -OCH3 is 1. The van der Waals surface area contributed by atoms with Crippen LogP contribution in [0.15, 0.2) is 17.5 Å². The van der Waals surface area contributed by atoms with E-state index in [0.717, 1.165) is 11.3 Å². The first-order chi connectivity index (χ1) is 12.5. The summed E-state index contributed by atoms with van der Waals surface area (Å²) in [4.78, 5) is 40.1. The van der Waals surface area contributed by atoms with Crippen molar-refractivity contribution < 1.29 is 23.9 Å². The summed E-state index contributed by atoms with van der Waals surface area (Å²) in [6.07, 6.45) is 0. The lowest BCUT2D eigenvalue weighted by Crippen LogP contribution is -2.40. The molecule has 0 aliphatic carbocycles. The van der Waals surface area contributed by atoms with Gasteiger partial charge in [-0.3, -0.25) is 9.59 Å². The topological polar surface area (TPSA) is 84.9 Å². The highest BCUT2D eigenvalue weighted by Gasteiger charge is 2.29. The summed E-state index contributed by atoms with van der Waals surface area (Å²) in [6, 6.07) is 3.46. The number of nitrogens with zero attached hydrogens (tertiary/aromatic N) is 1. The molecular weight excluding hydrogens is 376 g/mol. The van der Waals surface area contributed by atoms with E-state index in [-0.39, 0.29) is 17.4 Å². The molecule has 0 atom stereocenters. The highest BCUT2D eigenvalue weighted by molar-refractivity contribution is 7.19. The number of carbonyl (C=O) groups is 3. The summed E-state index contributed by atoms with van der Waals surface area (Å²) >= 11 is 2.39. The Balaban J connectivity index is 1.93. The van der Waals surface area contributed by atoms with Gasteiger partial charge in [0, 0.05) is 13.1 Å². The first kappa shape index (κ1) is 18.6. The van der Waals surface area contributed by atoms with Crippen molar-refractivity contribution in [3.63, 3.8) is 0 Å². The fraction of sp³-hybridized carbons (Fsp3) is 0.353. The maximum absolute atomic E-state index is 12.8. The van der Waals surface area contributed by atoms with Gasteiger partial charge in [0.05, 0.1) is 35.6 Å². The van der Waals surface area contributed by atoms with E-state index in [1.807, 2.05) is 0 Å².